The molecule has 1 unspecified atom stereocenters. The van der Waals surface area contributed by atoms with Crippen molar-refractivity contribution in [3.8, 4) is 5.75 Å². The summed E-state index contributed by atoms with van der Waals surface area (Å²) >= 11 is 0. The molecule has 0 spiro atoms. The maximum Gasteiger partial charge on any atom is 0.243 e. The molecule has 32 heavy (non-hydrogen) atoms. The molecule has 0 bridgehead atoms. The minimum absolute atomic E-state index is 0. The van der Waals surface area contributed by atoms with Crippen molar-refractivity contribution in [3.05, 3.63) is 59.7 Å². The van der Waals surface area contributed by atoms with Gasteiger partial charge in [0.05, 0.1) is 11.4 Å². The second-order valence-corrected chi connectivity index (χ2v) is 9.69. The van der Waals surface area contributed by atoms with Gasteiger partial charge in [0, 0.05) is 26.7 Å². The Morgan fingerprint density at radius 1 is 1.09 bits per heavy atom. The third kappa shape index (κ3) is 7.08. The van der Waals surface area contributed by atoms with Crippen LogP contribution >= 0.6 is 24.0 Å². The van der Waals surface area contributed by atoms with Gasteiger partial charge in [-0.15, -0.1) is 24.0 Å². The summed E-state index contributed by atoms with van der Waals surface area (Å²) in [5.41, 5.74) is 2.08. The molecule has 2 aromatic rings. The average molecular weight is 573 g/mol. The second-order valence-electron chi connectivity index (χ2n) is 7.76. The van der Waals surface area contributed by atoms with Gasteiger partial charge < -0.3 is 15.4 Å². The molecule has 176 valence electrons. The monoisotopic (exact) mass is 572 g/mol. The lowest BCUT2D eigenvalue weighted by atomic mass is 10.2. The Morgan fingerprint density at radius 2 is 1.75 bits per heavy atom. The molecule has 9 heteroatoms. The Kier molecular flexibility index (Phi) is 10.2. The van der Waals surface area contributed by atoms with E-state index in [0.717, 1.165) is 29.7 Å². The summed E-state index contributed by atoms with van der Waals surface area (Å²) in [6, 6.07) is 15.0. The molecule has 1 saturated heterocycles. The van der Waals surface area contributed by atoms with Gasteiger partial charge in [-0.1, -0.05) is 30.3 Å². The van der Waals surface area contributed by atoms with Crippen molar-refractivity contribution in [2.75, 3.05) is 26.7 Å². The second kappa shape index (κ2) is 12.4. The molecule has 0 radical (unpaired) electrons. The lowest BCUT2D eigenvalue weighted by Gasteiger charge is -2.19. The number of aliphatic imine (C=N–C) groups is 1. The fraction of sp³-hybridized carbons (Fsp3) is 0.435. The molecule has 1 atom stereocenters. The first kappa shape index (κ1) is 26.4. The number of sulfonamides is 1. The van der Waals surface area contributed by atoms with Crippen molar-refractivity contribution >= 4 is 40.0 Å². The van der Waals surface area contributed by atoms with Gasteiger partial charge in [-0.2, -0.15) is 4.31 Å². The van der Waals surface area contributed by atoms with Crippen molar-refractivity contribution in [2.45, 2.75) is 44.2 Å². The first-order valence-corrected chi connectivity index (χ1v) is 12.1. The van der Waals surface area contributed by atoms with Crippen LogP contribution in [-0.2, 0) is 16.6 Å². The fourth-order valence-corrected chi connectivity index (χ4v) is 4.97. The average Bonchev–Trinajstić information content (AvgIpc) is 3.32. The largest absolute Gasteiger partial charge is 0.489 e. The molecule has 7 nitrogen and oxygen atoms in total. The smallest absolute Gasteiger partial charge is 0.243 e. The summed E-state index contributed by atoms with van der Waals surface area (Å²) in [6.07, 6.45) is 1.83. The number of hydrogen-bond acceptors (Lipinski definition) is 4. The van der Waals surface area contributed by atoms with Gasteiger partial charge >= 0.3 is 0 Å². The van der Waals surface area contributed by atoms with Crippen molar-refractivity contribution < 1.29 is 13.2 Å². The maximum absolute atomic E-state index is 12.6. The van der Waals surface area contributed by atoms with E-state index < -0.39 is 10.0 Å². The number of rotatable bonds is 8. The van der Waals surface area contributed by atoms with Crippen LogP contribution in [0.1, 0.15) is 30.9 Å². The number of guanidine groups is 1. The lowest BCUT2D eigenvalue weighted by Crippen LogP contribution is -2.41. The minimum Gasteiger partial charge on any atom is -0.489 e. The van der Waals surface area contributed by atoms with E-state index in [0.29, 0.717) is 37.0 Å². The number of halogens is 1. The molecule has 1 fully saturated rings. The molecular weight excluding hydrogens is 539 g/mol. The van der Waals surface area contributed by atoms with Gasteiger partial charge in [0.15, 0.2) is 5.96 Å². The highest BCUT2D eigenvalue weighted by Gasteiger charge is 2.26. The predicted molar refractivity (Wildman–Crippen MR) is 139 cm³/mol. The molecule has 1 heterocycles. The zero-order chi connectivity index (χ0) is 22.3. The molecule has 0 aromatic heterocycles. The summed E-state index contributed by atoms with van der Waals surface area (Å²) in [4.78, 5) is 4.59. The Balaban J connectivity index is 0.00000363. The quantitative estimate of drug-likeness (QED) is 0.288. The zero-order valence-corrected chi connectivity index (χ0v) is 22.0. The Morgan fingerprint density at radius 3 is 2.38 bits per heavy atom. The third-order valence-corrected chi connectivity index (χ3v) is 7.20. The molecule has 2 N–H and O–H groups in total. The highest BCUT2D eigenvalue weighted by atomic mass is 127. The number of benzene rings is 2. The Labute approximate surface area is 208 Å². The van der Waals surface area contributed by atoms with Crippen molar-refractivity contribution in [3.63, 3.8) is 0 Å². The SMILES string of the molecule is CN=C(NCc1ccc(S(=O)(=O)N2CCCC2)cc1)NCC(C)Oc1ccccc1C.I. The van der Waals surface area contributed by atoms with E-state index in [1.54, 1.807) is 23.5 Å². The number of nitrogens with zero attached hydrogens (tertiary/aromatic N) is 2. The highest BCUT2D eigenvalue weighted by molar-refractivity contribution is 14.0. The van der Waals surface area contributed by atoms with E-state index in [2.05, 4.69) is 15.6 Å². The zero-order valence-electron chi connectivity index (χ0n) is 18.9. The van der Waals surface area contributed by atoms with Gasteiger partial charge in [0.1, 0.15) is 11.9 Å². The molecular formula is C23H33IN4O3S. The van der Waals surface area contributed by atoms with Gasteiger partial charge in [0.2, 0.25) is 10.0 Å². The van der Waals surface area contributed by atoms with Gasteiger partial charge in [-0.05, 0) is 56.0 Å². The molecule has 0 saturated carbocycles. The van der Waals surface area contributed by atoms with Crippen LogP contribution in [0.5, 0.6) is 5.75 Å². The number of aryl methyl sites for hydroxylation is 1. The van der Waals surface area contributed by atoms with Crippen molar-refractivity contribution in [2.24, 2.45) is 4.99 Å². The molecule has 2 aromatic carbocycles. The fourth-order valence-electron chi connectivity index (χ4n) is 3.45. The van der Waals surface area contributed by atoms with E-state index >= 15 is 0 Å². The number of para-hydroxylation sites is 1. The maximum atomic E-state index is 12.6. The first-order valence-electron chi connectivity index (χ1n) is 10.7. The Bertz CT molecular complexity index is 991. The van der Waals surface area contributed by atoms with Crippen molar-refractivity contribution in [1.82, 2.24) is 14.9 Å². The van der Waals surface area contributed by atoms with Crippen LogP contribution in [0.15, 0.2) is 58.4 Å². The first-order chi connectivity index (χ1) is 14.9. The number of ether oxygens (including phenoxy) is 1. The lowest BCUT2D eigenvalue weighted by molar-refractivity contribution is 0.222. The molecule has 0 aliphatic carbocycles. The highest BCUT2D eigenvalue weighted by Crippen LogP contribution is 2.21. The summed E-state index contributed by atoms with van der Waals surface area (Å²) in [7, 11) is -1.66. The molecule has 1 aliphatic rings. The van der Waals surface area contributed by atoms with E-state index in [-0.39, 0.29) is 30.1 Å². The van der Waals surface area contributed by atoms with E-state index in [9.17, 15) is 8.42 Å². The Hall–Kier alpha value is -1.85. The summed E-state index contributed by atoms with van der Waals surface area (Å²) in [5, 5.41) is 6.52. The van der Waals surface area contributed by atoms with Crippen LogP contribution < -0.4 is 15.4 Å². The predicted octanol–water partition coefficient (Wildman–Crippen LogP) is 3.53. The number of hydrogen-bond donors (Lipinski definition) is 2. The minimum atomic E-state index is -3.38. The molecule has 1 aliphatic heterocycles. The van der Waals surface area contributed by atoms with Gasteiger partial charge in [-0.3, -0.25) is 4.99 Å². The molecule has 0 amide bonds. The van der Waals surface area contributed by atoms with Crippen LogP contribution in [0.3, 0.4) is 0 Å². The van der Waals surface area contributed by atoms with Crippen molar-refractivity contribution in [1.29, 1.82) is 0 Å². The summed E-state index contributed by atoms with van der Waals surface area (Å²) < 4.78 is 32.8. The van der Waals surface area contributed by atoms with E-state index in [4.69, 9.17) is 4.74 Å². The van der Waals surface area contributed by atoms with Crippen LogP contribution in [0.4, 0.5) is 0 Å². The topological polar surface area (TPSA) is 83.0 Å². The standard InChI is InChI=1S/C23H32N4O3S.HI/c1-18-8-4-5-9-22(18)30-19(2)16-25-23(24-3)26-17-20-10-12-21(13-11-20)31(28,29)27-14-6-7-15-27;/h4-5,8-13,19H,6-7,14-17H2,1-3H3,(H2,24,25,26);1H. The van der Waals surface area contributed by atoms with Crippen LogP contribution in [0.25, 0.3) is 0 Å². The molecule has 3 rings (SSSR count). The van der Waals surface area contributed by atoms with Crippen LogP contribution in [0, 0.1) is 6.92 Å². The van der Waals surface area contributed by atoms with Crippen LogP contribution in [-0.4, -0.2) is 51.5 Å². The normalized spacial score (nSPS) is 15.7. The summed E-state index contributed by atoms with van der Waals surface area (Å²) in [6.45, 7) is 6.39. The van der Waals surface area contributed by atoms with Gasteiger partial charge in [0.25, 0.3) is 0 Å². The van der Waals surface area contributed by atoms with E-state index in [1.165, 1.54) is 0 Å². The summed E-state index contributed by atoms with van der Waals surface area (Å²) in [5.74, 6) is 1.54. The van der Waals surface area contributed by atoms with Gasteiger partial charge in [-0.25, -0.2) is 8.42 Å². The van der Waals surface area contributed by atoms with E-state index in [1.807, 2.05) is 50.2 Å². The number of nitrogens with one attached hydrogen (secondary N) is 2. The third-order valence-electron chi connectivity index (χ3n) is 5.29. The van der Waals surface area contributed by atoms with Crippen LogP contribution in [0.2, 0.25) is 0 Å².